The van der Waals surface area contributed by atoms with Crippen LogP contribution < -0.4 is 10.5 Å². The lowest BCUT2D eigenvalue weighted by Crippen LogP contribution is -1.89. The summed E-state index contributed by atoms with van der Waals surface area (Å²) in [7, 11) is 1.63. The van der Waals surface area contributed by atoms with Crippen LogP contribution in [0, 0.1) is 5.82 Å². The molecule has 0 aliphatic heterocycles. The molecule has 0 radical (unpaired) electrons. The Balaban J connectivity index is 2.02. The number of nitrogen functional groups attached to an aromatic ring is 1. The van der Waals surface area contributed by atoms with Crippen molar-refractivity contribution in [3.63, 3.8) is 0 Å². The summed E-state index contributed by atoms with van der Waals surface area (Å²) in [6, 6.07) is 12.5. The Morgan fingerprint density at radius 3 is 2.50 bits per heavy atom. The minimum Gasteiger partial charge on any atom is -0.497 e. The normalized spacial score (nSPS) is 10.3. The van der Waals surface area contributed by atoms with Crippen LogP contribution in [-0.4, -0.2) is 7.11 Å². The van der Waals surface area contributed by atoms with E-state index in [0.717, 1.165) is 11.3 Å². The Bertz CT molecular complexity index is 528. The van der Waals surface area contributed by atoms with Crippen molar-refractivity contribution in [1.82, 2.24) is 0 Å². The number of anilines is 1. The summed E-state index contributed by atoms with van der Waals surface area (Å²) in [5.74, 6) is 1.26. The molecule has 0 aliphatic carbocycles. The Morgan fingerprint density at radius 2 is 1.89 bits per heavy atom. The van der Waals surface area contributed by atoms with Gasteiger partial charge in [-0.3, -0.25) is 0 Å². The van der Waals surface area contributed by atoms with Gasteiger partial charge in [0, 0.05) is 16.3 Å². The molecule has 0 saturated heterocycles. The average molecular weight is 263 g/mol. The van der Waals surface area contributed by atoms with Gasteiger partial charge in [0.05, 0.1) is 7.11 Å². The molecule has 0 amide bonds. The quantitative estimate of drug-likeness (QED) is 0.674. The molecule has 0 atom stereocenters. The van der Waals surface area contributed by atoms with Crippen molar-refractivity contribution in [2.45, 2.75) is 10.6 Å². The van der Waals surface area contributed by atoms with E-state index in [2.05, 4.69) is 0 Å². The first-order valence-corrected chi connectivity index (χ1v) is 6.48. The Morgan fingerprint density at radius 1 is 1.17 bits per heavy atom. The minimum atomic E-state index is -0.270. The number of benzene rings is 2. The summed E-state index contributed by atoms with van der Waals surface area (Å²) in [6.07, 6.45) is 0. The predicted octanol–water partition coefficient (Wildman–Crippen LogP) is 3.71. The topological polar surface area (TPSA) is 35.2 Å². The van der Waals surface area contributed by atoms with Gasteiger partial charge in [0.2, 0.25) is 0 Å². The molecule has 94 valence electrons. The van der Waals surface area contributed by atoms with Crippen molar-refractivity contribution < 1.29 is 9.13 Å². The Labute approximate surface area is 110 Å². The fourth-order valence-corrected chi connectivity index (χ4v) is 2.39. The molecule has 0 spiro atoms. The maximum atomic E-state index is 13.6. The van der Waals surface area contributed by atoms with E-state index in [0.29, 0.717) is 16.3 Å². The first-order valence-electron chi connectivity index (χ1n) is 5.50. The predicted molar refractivity (Wildman–Crippen MR) is 73.4 cm³/mol. The van der Waals surface area contributed by atoms with Crippen LogP contribution in [-0.2, 0) is 5.75 Å². The van der Waals surface area contributed by atoms with E-state index in [1.54, 1.807) is 19.2 Å². The summed E-state index contributed by atoms with van der Waals surface area (Å²) in [4.78, 5) is 0.611. The highest BCUT2D eigenvalue weighted by molar-refractivity contribution is 7.98. The van der Waals surface area contributed by atoms with E-state index < -0.39 is 0 Å². The van der Waals surface area contributed by atoms with E-state index in [1.165, 1.54) is 17.8 Å². The second-order valence-corrected chi connectivity index (χ2v) is 4.84. The van der Waals surface area contributed by atoms with Crippen LogP contribution in [0.1, 0.15) is 5.56 Å². The molecule has 2 nitrogen and oxygen atoms in total. The van der Waals surface area contributed by atoms with Gasteiger partial charge in [0.15, 0.2) is 0 Å². The van der Waals surface area contributed by atoms with E-state index in [4.69, 9.17) is 10.5 Å². The number of halogens is 1. The van der Waals surface area contributed by atoms with Gasteiger partial charge in [-0.05, 0) is 35.9 Å². The van der Waals surface area contributed by atoms with Crippen LogP contribution in [0.4, 0.5) is 10.1 Å². The van der Waals surface area contributed by atoms with Crippen LogP contribution >= 0.6 is 11.8 Å². The van der Waals surface area contributed by atoms with Crippen LogP contribution in [0.2, 0.25) is 0 Å². The van der Waals surface area contributed by atoms with Crippen LogP contribution in [0.5, 0.6) is 5.75 Å². The number of hydrogen-bond acceptors (Lipinski definition) is 3. The first-order chi connectivity index (χ1) is 8.69. The number of ether oxygens (including phenoxy) is 1. The standard InChI is InChI=1S/C14H14FNOS/c1-17-12-5-2-10(3-6-12)9-18-14-7-4-11(16)8-13(14)15/h2-8H,9,16H2,1H3. The summed E-state index contributed by atoms with van der Waals surface area (Å²) in [5.41, 5.74) is 7.07. The van der Waals surface area contributed by atoms with Gasteiger partial charge in [0.25, 0.3) is 0 Å². The highest BCUT2D eigenvalue weighted by Gasteiger charge is 2.03. The molecule has 0 aromatic heterocycles. The monoisotopic (exact) mass is 263 g/mol. The first kappa shape index (κ1) is 12.8. The van der Waals surface area contributed by atoms with Crippen molar-refractivity contribution >= 4 is 17.4 Å². The van der Waals surface area contributed by atoms with E-state index in [-0.39, 0.29) is 5.82 Å². The summed E-state index contributed by atoms with van der Waals surface area (Å²) in [6.45, 7) is 0. The Hall–Kier alpha value is -1.68. The van der Waals surface area contributed by atoms with Crippen molar-refractivity contribution in [2.75, 3.05) is 12.8 Å². The molecule has 0 saturated carbocycles. The summed E-state index contributed by atoms with van der Waals surface area (Å²) >= 11 is 1.45. The second-order valence-electron chi connectivity index (χ2n) is 3.83. The molecule has 0 bridgehead atoms. The van der Waals surface area contributed by atoms with Gasteiger partial charge in [-0.1, -0.05) is 12.1 Å². The zero-order chi connectivity index (χ0) is 13.0. The third-order valence-corrected chi connectivity index (χ3v) is 3.63. The van der Waals surface area contributed by atoms with E-state index in [1.807, 2.05) is 24.3 Å². The molecule has 0 aliphatic rings. The largest absolute Gasteiger partial charge is 0.497 e. The number of thioether (sulfide) groups is 1. The fraction of sp³-hybridized carbons (Fsp3) is 0.143. The third-order valence-electron chi connectivity index (χ3n) is 2.51. The lowest BCUT2D eigenvalue weighted by atomic mass is 10.2. The second kappa shape index (κ2) is 5.78. The average Bonchev–Trinajstić information content (AvgIpc) is 2.38. The van der Waals surface area contributed by atoms with Crippen molar-refractivity contribution in [3.05, 3.63) is 53.8 Å². The molecule has 0 heterocycles. The fourth-order valence-electron chi connectivity index (χ4n) is 1.52. The lowest BCUT2D eigenvalue weighted by molar-refractivity contribution is 0.414. The van der Waals surface area contributed by atoms with Crippen molar-refractivity contribution in [3.8, 4) is 5.75 Å². The van der Waals surface area contributed by atoms with E-state index >= 15 is 0 Å². The van der Waals surface area contributed by atoms with Crippen molar-refractivity contribution in [2.24, 2.45) is 0 Å². The van der Waals surface area contributed by atoms with Crippen LogP contribution in [0.15, 0.2) is 47.4 Å². The molecule has 2 N–H and O–H groups in total. The van der Waals surface area contributed by atoms with Gasteiger partial charge >= 0.3 is 0 Å². The molecule has 2 rings (SSSR count). The summed E-state index contributed by atoms with van der Waals surface area (Å²) in [5, 5.41) is 0. The highest BCUT2D eigenvalue weighted by Crippen LogP contribution is 2.27. The maximum absolute atomic E-state index is 13.6. The van der Waals surface area contributed by atoms with Crippen LogP contribution in [0.3, 0.4) is 0 Å². The van der Waals surface area contributed by atoms with Crippen LogP contribution in [0.25, 0.3) is 0 Å². The summed E-state index contributed by atoms with van der Waals surface area (Å²) < 4.78 is 18.6. The zero-order valence-electron chi connectivity index (χ0n) is 10.0. The van der Waals surface area contributed by atoms with Crippen molar-refractivity contribution in [1.29, 1.82) is 0 Å². The van der Waals surface area contributed by atoms with Gasteiger partial charge in [-0.2, -0.15) is 0 Å². The van der Waals surface area contributed by atoms with Gasteiger partial charge in [-0.25, -0.2) is 4.39 Å². The molecule has 2 aromatic carbocycles. The van der Waals surface area contributed by atoms with E-state index in [9.17, 15) is 4.39 Å². The molecular weight excluding hydrogens is 249 g/mol. The SMILES string of the molecule is COc1ccc(CSc2ccc(N)cc2F)cc1. The number of nitrogens with two attached hydrogens (primary N) is 1. The molecule has 2 aromatic rings. The third kappa shape index (κ3) is 3.17. The maximum Gasteiger partial charge on any atom is 0.138 e. The zero-order valence-corrected chi connectivity index (χ0v) is 10.8. The molecule has 0 fully saturated rings. The van der Waals surface area contributed by atoms with Gasteiger partial charge in [0.1, 0.15) is 11.6 Å². The molecular formula is C14H14FNOS. The number of methoxy groups -OCH3 is 1. The molecule has 4 heteroatoms. The molecule has 18 heavy (non-hydrogen) atoms. The number of hydrogen-bond donors (Lipinski definition) is 1. The smallest absolute Gasteiger partial charge is 0.138 e. The highest BCUT2D eigenvalue weighted by atomic mass is 32.2. The van der Waals surface area contributed by atoms with Gasteiger partial charge in [-0.15, -0.1) is 11.8 Å². The molecule has 0 unspecified atom stereocenters. The van der Waals surface area contributed by atoms with Gasteiger partial charge < -0.3 is 10.5 Å². The number of rotatable bonds is 4. The minimum absolute atomic E-state index is 0.270. The Kier molecular flexibility index (Phi) is 4.10. The lowest BCUT2D eigenvalue weighted by Gasteiger charge is -2.05.